The minimum atomic E-state index is -0.697. The summed E-state index contributed by atoms with van der Waals surface area (Å²) in [6, 6.07) is 0. The molecule has 0 unspecified atom stereocenters. The van der Waals surface area contributed by atoms with E-state index in [0.717, 1.165) is 13.7 Å². The molecule has 1 aromatic heterocycles. The van der Waals surface area contributed by atoms with E-state index in [-0.39, 0.29) is 39.5 Å². The van der Waals surface area contributed by atoms with Crippen molar-refractivity contribution in [3.05, 3.63) is 69.4 Å². The van der Waals surface area contributed by atoms with Crippen molar-refractivity contribution in [3.8, 4) is 0 Å². The summed E-state index contributed by atoms with van der Waals surface area (Å²) in [5.74, 6) is 0. The minimum absolute atomic E-state index is 0.0207. The fourth-order valence-electron chi connectivity index (χ4n) is 2.22. The standard InChI is InChI=1S/C18H27N3O6/c1-4-10-25-13-7-19-16(22)20(8-14-26-11-5-2)18(24)21(17(19)23)9-15-27-12-6-3/h4-6H,1-3,7-15H2. The number of hydrogen-bond donors (Lipinski definition) is 0. The number of nitrogens with zero attached hydrogens (tertiary/aromatic N) is 3. The zero-order valence-corrected chi connectivity index (χ0v) is 15.5. The maximum Gasteiger partial charge on any atom is 0.336 e. The molecule has 0 aliphatic carbocycles. The van der Waals surface area contributed by atoms with Gasteiger partial charge in [-0.1, -0.05) is 18.2 Å². The molecule has 27 heavy (non-hydrogen) atoms. The second kappa shape index (κ2) is 12.8. The van der Waals surface area contributed by atoms with E-state index in [1.165, 1.54) is 0 Å². The summed E-state index contributed by atoms with van der Waals surface area (Å²) in [6.07, 6.45) is 4.70. The van der Waals surface area contributed by atoms with Crippen LogP contribution in [0.5, 0.6) is 0 Å². The lowest BCUT2D eigenvalue weighted by atomic mass is 10.5. The van der Waals surface area contributed by atoms with Gasteiger partial charge >= 0.3 is 17.1 Å². The van der Waals surface area contributed by atoms with E-state index in [0.29, 0.717) is 19.8 Å². The van der Waals surface area contributed by atoms with Crippen LogP contribution in [-0.2, 0) is 33.8 Å². The number of ether oxygens (including phenoxy) is 3. The molecule has 1 heterocycles. The predicted molar refractivity (Wildman–Crippen MR) is 102 cm³/mol. The van der Waals surface area contributed by atoms with Crippen molar-refractivity contribution in [1.82, 2.24) is 13.7 Å². The molecule has 0 aliphatic rings. The molecular weight excluding hydrogens is 354 g/mol. The highest BCUT2D eigenvalue weighted by molar-refractivity contribution is 4.80. The Bertz CT molecular complexity index is 655. The zero-order chi connectivity index (χ0) is 20.1. The molecule has 0 aliphatic heterocycles. The Morgan fingerprint density at radius 3 is 1.07 bits per heavy atom. The lowest BCUT2D eigenvalue weighted by Gasteiger charge is -2.14. The SMILES string of the molecule is C=CCOCCn1c(=O)n(CCOCC=C)c(=O)n(CCOCC=C)c1=O. The van der Waals surface area contributed by atoms with Crippen LogP contribution in [0.3, 0.4) is 0 Å². The quantitative estimate of drug-likeness (QED) is 0.308. The summed E-state index contributed by atoms with van der Waals surface area (Å²) in [6.45, 7) is 12.0. The molecular formula is C18H27N3O6. The minimum Gasteiger partial charge on any atom is -0.376 e. The van der Waals surface area contributed by atoms with Gasteiger partial charge in [0.1, 0.15) is 0 Å². The van der Waals surface area contributed by atoms with Crippen LogP contribution in [0.2, 0.25) is 0 Å². The summed E-state index contributed by atoms with van der Waals surface area (Å²) in [5, 5.41) is 0. The zero-order valence-electron chi connectivity index (χ0n) is 15.5. The average molecular weight is 381 g/mol. The Morgan fingerprint density at radius 2 is 0.852 bits per heavy atom. The third-order valence-corrected chi connectivity index (χ3v) is 3.47. The molecule has 0 saturated heterocycles. The second-order valence-corrected chi connectivity index (χ2v) is 5.39. The van der Waals surface area contributed by atoms with Crippen molar-refractivity contribution < 1.29 is 14.2 Å². The van der Waals surface area contributed by atoms with Gasteiger partial charge in [0.05, 0.1) is 59.3 Å². The van der Waals surface area contributed by atoms with Crippen LogP contribution in [-0.4, -0.2) is 53.3 Å². The molecule has 0 fully saturated rings. The van der Waals surface area contributed by atoms with Crippen LogP contribution in [0.1, 0.15) is 0 Å². The Labute approximate surface area is 157 Å². The van der Waals surface area contributed by atoms with E-state index in [9.17, 15) is 14.4 Å². The van der Waals surface area contributed by atoms with E-state index < -0.39 is 17.1 Å². The first-order valence-electron chi connectivity index (χ1n) is 8.58. The van der Waals surface area contributed by atoms with Gasteiger partial charge in [0.25, 0.3) is 0 Å². The first-order valence-corrected chi connectivity index (χ1v) is 8.58. The van der Waals surface area contributed by atoms with E-state index in [1.54, 1.807) is 18.2 Å². The first kappa shape index (κ1) is 22.6. The van der Waals surface area contributed by atoms with Crippen LogP contribution in [0, 0.1) is 0 Å². The maximum absolute atomic E-state index is 12.6. The third kappa shape index (κ3) is 6.97. The van der Waals surface area contributed by atoms with Crippen molar-refractivity contribution >= 4 is 0 Å². The fourth-order valence-corrected chi connectivity index (χ4v) is 2.22. The molecule has 0 amide bonds. The van der Waals surface area contributed by atoms with Gasteiger partial charge in [-0.2, -0.15) is 0 Å². The summed E-state index contributed by atoms with van der Waals surface area (Å²) < 4.78 is 18.7. The summed E-state index contributed by atoms with van der Waals surface area (Å²) in [5.41, 5.74) is -2.09. The molecule has 1 rings (SSSR count). The smallest absolute Gasteiger partial charge is 0.336 e. The molecule has 0 spiro atoms. The van der Waals surface area contributed by atoms with Gasteiger partial charge < -0.3 is 14.2 Å². The lowest BCUT2D eigenvalue weighted by Crippen LogP contribution is -2.55. The molecule has 0 N–H and O–H groups in total. The van der Waals surface area contributed by atoms with Gasteiger partial charge in [-0.15, -0.1) is 19.7 Å². The number of rotatable bonds is 15. The molecule has 1 aromatic rings. The van der Waals surface area contributed by atoms with Gasteiger partial charge in [-0.25, -0.2) is 28.1 Å². The van der Waals surface area contributed by atoms with Gasteiger partial charge in [-0.05, 0) is 0 Å². The molecule has 9 heteroatoms. The summed E-state index contributed by atoms with van der Waals surface area (Å²) >= 11 is 0. The fraction of sp³-hybridized carbons (Fsp3) is 0.500. The van der Waals surface area contributed by atoms with Crippen molar-refractivity contribution in [1.29, 1.82) is 0 Å². The van der Waals surface area contributed by atoms with Crippen LogP contribution in [0.15, 0.2) is 52.3 Å². The van der Waals surface area contributed by atoms with Gasteiger partial charge in [-0.3, -0.25) is 0 Å². The predicted octanol–water partition coefficient (Wildman–Crippen LogP) is -0.220. The first-order chi connectivity index (χ1) is 13.1. The monoisotopic (exact) mass is 381 g/mol. The number of hydrogen-bond acceptors (Lipinski definition) is 6. The van der Waals surface area contributed by atoms with Crippen LogP contribution >= 0.6 is 0 Å². The highest BCUT2D eigenvalue weighted by atomic mass is 16.5. The Hall–Kier alpha value is -2.49. The Morgan fingerprint density at radius 1 is 0.593 bits per heavy atom. The van der Waals surface area contributed by atoms with Crippen LogP contribution in [0.25, 0.3) is 0 Å². The van der Waals surface area contributed by atoms with E-state index >= 15 is 0 Å². The van der Waals surface area contributed by atoms with Gasteiger partial charge in [0, 0.05) is 0 Å². The third-order valence-electron chi connectivity index (χ3n) is 3.47. The highest BCUT2D eigenvalue weighted by Gasteiger charge is 2.15. The van der Waals surface area contributed by atoms with E-state index in [2.05, 4.69) is 19.7 Å². The maximum atomic E-state index is 12.6. The van der Waals surface area contributed by atoms with Gasteiger partial charge in [0.15, 0.2) is 0 Å². The molecule has 0 radical (unpaired) electrons. The molecule has 0 atom stereocenters. The number of aromatic nitrogens is 3. The van der Waals surface area contributed by atoms with E-state index in [4.69, 9.17) is 14.2 Å². The van der Waals surface area contributed by atoms with Crippen molar-refractivity contribution in [3.63, 3.8) is 0 Å². The average Bonchev–Trinajstić information content (AvgIpc) is 2.66. The molecule has 9 nitrogen and oxygen atoms in total. The van der Waals surface area contributed by atoms with Crippen LogP contribution in [0.4, 0.5) is 0 Å². The van der Waals surface area contributed by atoms with E-state index in [1.807, 2.05) is 0 Å². The van der Waals surface area contributed by atoms with Crippen molar-refractivity contribution in [2.24, 2.45) is 0 Å². The summed E-state index contributed by atoms with van der Waals surface area (Å²) in [7, 11) is 0. The topological polar surface area (TPSA) is 93.7 Å². The summed E-state index contributed by atoms with van der Waals surface area (Å²) in [4.78, 5) is 37.7. The second-order valence-electron chi connectivity index (χ2n) is 5.39. The molecule has 0 aromatic carbocycles. The van der Waals surface area contributed by atoms with Crippen molar-refractivity contribution in [2.75, 3.05) is 39.6 Å². The molecule has 0 bridgehead atoms. The molecule has 0 saturated carbocycles. The van der Waals surface area contributed by atoms with Crippen LogP contribution < -0.4 is 17.1 Å². The Kier molecular flexibility index (Phi) is 10.7. The van der Waals surface area contributed by atoms with Gasteiger partial charge in [0.2, 0.25) is 0 Å². The largest absolute Gasteiger partial charge is 0.376 e. The Balaban J connectivity index is 3.14. The lowest BCUT2D eigenvalue weighted by molar-refractivity contribution is 0.136. The highest BCUT2D eigenvalue weighted by Crippen LogP contribution is 1.84. The normalized spacial score (nSPS) is 10.7. The molecule has 150 valence electrons. The van der Waals surface area contributed by atoms with Crippen molar-refractivity contribution in [2.45, 2.75) is 19.6 Å².